The van der Waals surface area contributed by atoms with Gasteiger partial charge in [-0.25, -0.2) is 4.68 Å². The molecule has 170 valence electrons. The highest BCUT2D eigenvalue weighted by Crippen LogP contribution is 2.33. The largest absolute Gasteiger partial charge is 0.480 e. The van der Waals surface area contributed by atoms with Gasteiger partial charge >= 0.3 is 12.4 Å². The summed E-state index contributed by atoms with van der Waals surface area (Å²) in [5, 5.41) is 13.1. The van der Waals surface area contributed by atoms with Crippen molar-refractivity contribution in [3.63, 3.8) is 0 Å². The third kappa shape index (κ3) is 5.15. The minimum Gasteiger partial charge on any atom is -0.480 e. The van der Waals surface area contributed by atoms with Crippen LogP contribution >= 0.6 is 0 Å². The van der Waals surface area contributed by atoms with Gasteiger partial charge < -0.3 is 10.1 Å². The van der Waals surface area contributed by atoms with E-state index in [2.05, 4.69) is 20.6 Å². The lowest BCUT2D eigenvalue weighted by atomic mass is 10.1. The second-order valence-corrected chi connectivity index (χ2v) is 6.45. The van der Waals surface area contributed by atoms with Gasteiger partial charge in [-0.05, 0) is 30.2 Å². The summed E-state index contributed by atoms with van der Waals surface area (Å²) < 4.78 is 84.0. The maximum absolute atomic E-state index is 13.6. The van der Waals surface area contributed by atoms with Crippen molar-refractivity contribution in [2.24, 2.45) is 0 Å². The number of hydrogen-bond acceptors (Lipinski definition) is 5. The molecule has 0 saturated heterocycles. The number of ether oxygens (including phenoxy) is 1. The van der Waals surface area contributed by atoms with Crippen LogP contribution in [-0.2, 0) is 18.8 Å². The maximum Gasteiger partial charge on any atom is 0.434 e. The average molecular weight is 459 g/mol. The number of nitrogens with one attached hydrogen (secondary N) is 1. The van der Waals surface area contributed by atoms with Crippen molar-refractivity contribution in [3.05, 3.63) is 65.0 Å². The minimum atomic E-state index is -4.93. The maximum atomic E-state index is 13.6. The van der Waals surface area contributed by atoms with Crippen LogP contribution in [0.15, 0.2) is 42.6 Å². The molecule has 0 unspecified atom stereocenters. The molecule has 2 aromatic heterocycles. The van der Waals surface area contributed by atoms with Crippen LogP contribution in [-0.4, -0.2) is 39.5 Å². The molecule has 0 saturated carbocycles. The zero-order valence-electron chi connectivity index (χ0n) is 16.3. The molecule has 13 heteroatoms. The predicted molar refractivity (Wildman–Crippen MR) is 98.2 cm³/mol. The van der Waals surface area contributed by atoms with Gasteiger partial charge in [0.15, 0.2) is 11.5 Å². The van der Waals surface area contributed by atoms with Gasteiger partial charge in [0.05, 0.1) is 24.4 Å². The molecule has 3 rings (SSSR count). The highest BCUT2D eigenvalue weighted by molar-refractivity contribution is 5.95. The molecule has 0 fully saturated rings. The van der Waals surface area contributed by atoms with Crippen LogP contribution in [0, 0.1) is 0 Å². The van der Waals surface area contributed by atoms with Crippen LogP contribution < -0.4 is 10.1 Å². The summed E-state index contributed by atoms with van der Waals surface area (Å²) in [7, 11) is 1.31. The number of alkyl halides is 6. The fraction of sp³-hybridized carbons (Fsp3) is 0.263. The number of hydrogen-bond donors (Lipinski definition) is 1. The van der Waals surface area contributed by atoms with Crippen LogP contribution in [0.2, 0.25) is 0 Å². The molecule has 3 aromatic rings. The zero-order chi connectivity index (χ0) is 23.5. The molecule has 0 atom stereocenters. The summed E-state index contributed by atoms with van der Waals surface area (Å²) in [6.07, 6.45) is -8.54. The molecule has 1 amide bonds. The van der Waals surface area contributed by atoms with E-state index in [1.165, 1.54) is 31.4 Å². The zero-order valence-corrected chi connectivity index (χ0v) is 16.3. The van der Waals surface area contributed by atoms with Crippen LogP contribution in [0.3, 0.4) is 0 Å². The first kappa shape index (κ1) is 23.0. The first-order valence-corrected chi connectivity index (χ1v) is 8.98. The highest BCUT2D eigenvalue weighted by atomic mass is 19.4. The van der Waals surface area contributed by atoms with E-state index in [1.54, 1.807) is 0 Å². The first-order chi connectivity index (χ1) is 15.0. The molecule has 7 nitrogen and oxygen atoms in total. The lowest BCUT2D eigenvalue weighted by Crippen LogP contribution is -2.28. The molecular weight excluding hydrogens is 444 g/mol. The standard InChI is InChI=1S/C19H15F6N5O2/c1-32-15-7-6-14(28-29-15)30-16(19(23,24)25)13(10-27-30)17(31)26-9-8-11-2-4-12(5-3-11)18(20,21)22/h2-7,10H,8-9H2,1H3,(H,26,31). The number of amides is 1. The van der Waals surface area contributed by atoms with Gasteiger partial charge in [0.25, 0.3) is 5.91 Å². The number of carbonyl (C=O) groups is 1. The number of nitrogens with zero attached hydrogens (tertiary/aromatic N) is 4. The minimum absolute atomic E-state index is 0.0793. The molecule has 1 aromatic carbocycles. The molecule has 0 bridgehead atoms. The summed E-state index contributed by atoms with van der Waals surface area (Å²) in [5.74, 6) is -1.24. The predicted octanol–water partition coefficient (Wildman–Crippen LogP) is 3.68. The molecule has 0 aliphatic carbocycles. The van der Waals surface area contributed by atoms with Gasteiger partial charge in [-0.2, -0.15) is 31.4 Å². The lowest BCUT2D eigenvalue weighted by Gasteiger charge is -2.12. The van der Waals surface area contributed by atoms with E-state index in [-0.39, 0.29) is 24.7 Å². The van der Waals surface area contributed by atoms with Gasteiger partial charge in [0.1, 0.15) is 0 Å². The van der Waals surface area contributed by atoms with Crippen molar-refractivity contribution in [3.8, 4) is 11.7 Å². The van der Waals surface area contributed by atoms with E-state index in [4.69, 9.17) is 4.74 Å². The van der Waals surface area contributed by atoms with E-state index in [1.807, 2.05) is 0 Å². The van der Waals surface area contributed by atoms with Crippen molar-refractivity contribution in [1.82, 2.24) is 25.3 Å². The van der Waals surface area contributed by atoms with Crippen molar-refractivity contribution >= 4 is 5.91 Å². The number of aromatic nitrogens is 4. The Morgan fingerprint density at radius 3 is 2.22 bits per heavy atom. The smallest absolute Gasteiger partial charge is 0.434 e. The molecule has 2 heterocycles. The van der Waals surface area contributed by atoms with E-state index in [0.717, 1.165) is 18.3 Å². The molecule has 0 radical (unpaired) electrons. The summed E-state index contributed by atoms with van der Waals surface area (Å²) in [5.41, 5.74) is -2.43. The quantitative estimate of drug-likeness (QED) is 0.569. The SMILES string of the molecule is COc1ccc(-n2ncc(C(=O)NCCc3ccc(C(F)(F)F)cc3)c2C(F)(F)F)nn1. The van der Waals surface area contributed by atoms with E-state index in [9.17, 15) is 31.1 Å². The number of rotatable bonds is 6. The van der Waals surface area contributed by atoms with Crippen LogP contribution in [0.1, 0.15) is 27.2 Å². The summed E-state index contributed by atoms with van der Waals surface area (Å²) >= 11 is 0. The number of benzene rings is 1. The fourth-order valence-corrected chi connectivity index (χ4v) is 2.77. The highest BCUT2D eigenvalue weighted by Gasteiger charge is 2.41. The number of halogens is 6. The second-order valence-electron chi connectivity index (χ2n) is 6.45. The molecule has 32 heavy (non-hydrogen) atoms. The third-order valence-corrected chi connectivity index (χ3v) is 4.32. The van der Waals surface area contributed by atoms with Gasteiger partial charge in [-0.15, -0.1) is 10.2 Å². The molecule has 0 aliphatic rings. The second kappa shape index (κ2) is 8.85. The van der Waals surface area contributed by atoms with Crippen molar-refractivity contribution in [1.29, 1.82) is 0 Å². The van der Waals surface area contributed by atoms with Gasteiger partial charge in [-0.1, -0.05) is 12.1 Å². The van der Waals surface area contributed by atoms with Crippen LogP contribution in [0.5, 0.6) is 5.88 Å². The topological polar surface area (TPSA) is 81.9 Å². The molecule has 0 spiro atoms. The Morgan fingerprint density at radius 1 is 1.00 bits per heavy atom. The Hall–Kier alpha value is -3.64. The Kier molecular flexibility index (Phi) is 6.37. The van der Waals surface area contributed by atoms with E-state index < -0.39 is 35.1 Å². The molecule has 1 N–H and O–H groups in total. The Labute approximate surface area is 177 Å². The lowest BCUT2D eigenvalue weighted by molar-refractivity contribution is -0.143. The first-order valence-electron chi connectivity index (χ1n) is 8.98. The Balaban J connectivity index is 1.74. The number of carbonyl (C=O) groups excluding carboxylic acids is 1. The summed E-state index contributed by atoms with van der Waals surface area (Å²) in [6.45, 7) is -0.102. The Bertz CT molecular complexity index is 1080. The van der Waals surface area contributed by atoms with Crippen LogP contribution in [0.25, 0.3) is 5.82 Å². The van der Waals surface area contributed by atoms with Crippen molar-refractivity contribution < 1.29 is 35.9 Å². The van der Waals surface area contributed by atoms with Gasteiger partial charge in [0, 0.05) is 12.6 Å². The van der Waals surface area contributed by atoms with E-state index in [0.29, 0.717) is 10.2 Å². The summed E-state index contributed by atoms with van der Waals surface area (Å²) in [6, 6.07) is 6.72. The van der Waals surface area contributed by atoms with Crippen molar-refractivity contribution in [2.75, 3.05) is 13.7 Å². The monoisotopic (exact) mass is 459 g/mol. The number of methoxy groups -OCH3 is 1. The normalized spacial score (nSPS) is 12.0. The average Bonchev–Trinajstić information content (AvgIpc) is 3.19. The fourth-order valence-electron chi connectivity index (χ4n) is 2.77. The van der Waals surface area contributed by atoms with Gasteiger partial charge in [0.2, 0.25) is 5.88 Å². The molecular formula is C19H15F6N5O2. The van der Waals surface area contributed by atoms with Gasteiger partial charge in [-0.3, -0.25) is 4.79 Å². The van der Waals surface area contributed by atoms with E-state index >= 15 is 0 Å². The molecule has 0 aliphatic heterocycles. The van der Waals surface area contributed by atoms with Crippen LogP contribution in [0.4, 0.5) is 26.3 Å². The summed E-state index contributed by atoms with van der Waals surface area (Å²) in [4.78, 5) is 12.4. The third-order valence-electron chi connectivity index (χ3n) is 4.32. The van der Waals surface area contributed by atoms with Crippen molar-refractivity contribution in [2.45, 2.75) is 18.8 Å². The Morgan fingerprint density at radius 2 is 1.69 bits per heavy atom.